The van der Waals surface area contributed by atoms with E-state index in [1.54, 1.807) is 0 Å². The van der Waals surface area contributed by atoms with Crippen molar-refractivity contribution in [2.75, 3.05) is 0 Å². The summed E-state index contributed by atoms with van der Waals surface area (Å²) in [6.45, 7) is 0. The Kier molecular flexibility index (Phi) is 1.86. The van der Waals surface area contributed by atoms with Crippen molar-refractivity contribution >= 4 is 0 Å². The molecule has 0 aromatic rings. The van der Waals surface area contributed by atoms with Crippen molar-refractivity contribution in [3.63, 3.8) is 0 Å². The van der Waals surface area contributed by atoms with Crippen molar-refractivity contribution in [1.82, 2.24) is 0 Å². The van der Waals surface area contributed by atoms with Crippen LogP contribution in [0.4, 0.5) is 0 Å². The summed E-state index contributed by atoms with van der Waals surface area (Å²) in [5, 5.41) is 45.5. The Morgan fingerprint density at radius 1 is 0.846 bits per heavy atom. The minimum Gasteiger partial charge on any atom is -0.387 e. The number of hydrogen-bond donors (Lipinski definition) is 5. The van der Waals surface area contributed by atoms with Gasteiger partial charge in [-0.05, 0) is 0 Å². The second-order valence-electron chi connectivity index (χ2n) is 3.13. The predicted octanol–water partition coefficient (Wildman–Crippen LogP) is -3.54. The van der Waals surface area contributed by atoms with Crippen LogP contribution in [-0.4, -0.2) is 62.2 Å². The minimum atomic E-state index is -1.78. The standard InChI is InChI=1S/C6H10O7/c7-1-2(8)4(10)12-6(3(1)9)5(11)13-6/h1-5,7-11H/t1-,2-,3+,4-,5-,6+/m1/s1. The van der Waals surface area contributed by atoms with Gasteiger partial charge in [-0.15, -0.1) is 0 Å². The lowest BCUT2D eigenvalue weighted by Crippen LogP contribution is -2.60. The van der Waals surface area contributed by atoms with E-state index >= 15 is 0 Å². The van der Waals surface area contributed by atoms with E-state index in [0.29, 0.717) is 0 Å². The fourth-order valence-electron chi connectivity index (χ4n) is 1.36. The molecule has 0 saturated carbocycles. The zero-order chi connectivity index (χ0) is 9.80. The van der Waals surface area contributed by atoms with Gasteiger partial charge in [0, 0.05) is 0 Å². The molecule has 2 heterocycles. The van der Waals surface area contributed by atoms with Gasteiger partial charge in [0.15, 0.2) is 6.29 Å². The molecule has 0 unspecified atom stereocenters. The number of epoxide rings is 1. The van der Waals surface area contributed by atoms with Gasteiger partial charge in [-0.1, -0.05) is 0 Å². The van der Waals surface area contributed by atoms with Gasteiger partial charge in [-0.2, -0.15) is 0 Å². The van der Waals surface area contributed by atoms with E-state index in [1.807, 2.05) is 0 Å². The number of ether oxygens (including phenoxy) is 2. The molecule has 2 saturated heterocycles. The van der Waals surface area contributed by atoms with E-state index in [4.69, 9.17) is 15.3 Å². The molecule has 0 radical (unpaired) electrons. The van der Waals surface area contributed by atoms with Gasteiger partial charge in [-0.3, -0.25) is 0 Å². The highest BCUT2D eigenvalue weighted by atomic mass is 16.9. The van der Waals surface area contributed by atoms with Gasteiger partial charge < -0.3 is 35.0 Å². The molecule has 0 amide bonds. The second kappa shape index (κ2) is 2.61. The first-order valence-corrected chi connectivity index (χ1v) is 3.75. The molecule has 2 aliphatic rings. The summed E-state index contributed by atoms with van der Waals surface area (Å²) in [4.78, 5) is 0. The third-order valence-electron chi connectivity index (χ3n) is 2.27. The summed E-state index contributed by atoms with van der Waals surface area (Å²) < 4.78 is 9.11. The molecular weight excluding hydrogens is 184 g/mol. The third kappa shape index (κ3) is 1.10. The largest absolute Gasteiger partial charge is 0.387 e. The van der Waals surface area contributed by atoms with Crippen molar-refractivity contribution in [2.45, 2.75) is 36.7 Å². The van der Waals surface area contributed by atoms with Crippen LogP contribution in [-0.2, 0) is 9.47 Å². The Bertz CT molecular complexity index is 221. The molecule has 0 aromatic carbocycles. The fourth-order valence-corrected chi connectivity index (χ4v) is 1.36. The molecule has 0 aliphatic carbocycles. The lowest BCUT2D eigenvalue weighted by atomic mass is 9.99. The molecular formula is C6H10O7. The molecule has 2 fully saturated rings. The highest BCUT2D eigenvalue weighted by Crippen LogP contribution is 2.44. The molecule has 0 bridgehead atoms. The number of aliphatic hydroxyl groups is 5. The lowest BCUT2D eigenvalue weighted by molar-refractivity contribution is -0.317. The SMILES string of the molecule is O[C@@H]1[C@@H](O)[C@H](O)[C@]2(O[C@H]1O)O[C@H]2O. The number of rotatable bonds is 0. The van der Waals surface area contributed by atoms with Crippen LogP contribution in [0.5, 0.6) is 0 Å². The fraction of sp³-hybridized carbons (Fsp3) is 1.00. The quantitative estimate of drug-likeness (QED) is 0.253. The Morgan fingerprint density at radius 2 is 1.38 bits per heavy atom. The first kappa shape index (κ1) is 9.28. The van der Waals surface area contributed by atoms with Crippen LogP contribution < -0.4 is 0 Å². The van der Waals surface area contributed by atoms with Gasteiger partial charge in [0.1, 0.15) is 18.3 Å². The van der Waals surface area contributed by atoms with Crippen LogP contribution in [0.15, 0.2) is 0 Å². The average Bonchev–Trinajstić information content (AvgIpc) is 2.71. The first-order chi connectivity index (χ1) is 5.99. The summed E-state index contributed by atoms with van der Waals surface area (Å²) in [7, 11) is 0. The molecule has 13 heavy (non-hydrogen) atoms. The third-order valence-corrected chi connectivity index (χ3v) is 2.27. The highest BCUT2D eigenvalue weighted by Gasteiger charge is 2.70. The Hall–Kier alpha value is -0.280. The van der Waals surface area contributed by atoms with E-state index in [1.165, 1.54) is 0 Å². The molecule has 7 heteroatoms. The van der Waals surface area contributed by atoms with Crippen molar-refractivity contribution in [3.05, 3.63) is 0 Å². The van der Waals surface area contributed by atoms with Crippen LogP contribution in [0.3, 0.4) is 0 Å². The molecule has 76 valence electrons. The van der Waals surface area contributed by atoms with Crippen LogP contribution in [0.2, 0.25) is 0 Å². The molecule has 2 rings (SSSR count). The lowest BCUT2D eigenvalue weighted by Gasteiger charge is -2.36. The first-order valence-electron chi connectivity index (χ1n) is 3.75. The van der Waals surface area contributed by atoms with Crippen LogP contribution in [0, 0.1) is 0 Å². The van der Waals surface area contributed by atoms with Gasteiger partial charge >= 0.3 is 0 Å². The van der Waals surface area contributed by atoms with E-state index in [9.17, 15) is 10.2 Å². The number of hydrogen-bond acceptors (Lipinski definition) is 7. The zero-order valence-corrected chi connectivity index (χ0v) is 6.44. The minimum absolute atomic E-state index is 1.39. The maximum Gasteiger partial charge on any atom is 0.254 e. The van der Waals surface area contributed by atoms with E-state index in [-0.39, 0.29) is 0 Å². The van der Waals surface area contributed by atoms with Crippen molar-refractivity contribution in [2.24, 2.45) is 0 Å². The second-order valence-corrected chi connectivity index (χ2v) is 3.13. The van der Waals surface area contributed by atoms with Crippen LogP contribution in [0.1, 0.15) is 0 Å². The molecule has 7 nitrogen and oxygen atoms in total. The van der Waals surface area contributed by atoms with Crippen LogP contribution >= 0.6 is 0 Å². The van der Waals surface area contributed by atoms with Crippen molar-refractivity contribution < 1.29 is 35.0 Å². The summed E-state index contributed by atoms with van der Waals surface area (Å²) in [5.41, 5.74) is 0. The summed E-state index contributed by atoms with van der Waals surface area (Å²) in [6.07, 6.45) is -7.88. The van der Waals surface area contributed by atoms with Crippen molar-refractivity contribution in [1.29, 1.82) is 0 Å². The van der Waals surface area contributed by atoms with E-state index < -0.39 is 36.7 Å². The summed E-state index contributed by atoms with van der Waals surface area (Å²) in [6, 6.07) is 0. The maximum absolute atomic E-state index is 9.30. The van der Waals surface area contributed by atoms with Gasteiger partial charge in [0.05, 0.1) is 0 Å². The smallest absolute Gasteiger partial charge is 0.254 e. The van der Waals surface area contributed by atoms with Gasteiger partial charge in [0.2, 0.25) is 6.29 Å². The maximum atomic E-state index is 9.30. The van der Waals surface area contributed by atoms with Crippen molar-refractivity contribution in [3.8, 4) is 0 Å². The average molecular weight is 194 g/mol. The molecule has 6 atom stereocenters. The summed E-state index contributed by atoms with van der Waals surface area (Å²) >= 11 is 0. The van der Waals surface area contributed by atoms with E-state index in [0.717, 1.165) is 0 Å². The molecule has 1 spiro atoms. The molecule has 5 N–H and O–H groups in total. The molecule has 2 aliphatic heterocycles. The van der Waals surface area contributed by atoms with Crippen LogP contribution in [0.25, 0.3) is 0 Å². The Balaban J connectivity index is 2.17. The predicted molar refractivity (Wildman–Crippen MR) is 34.9 cm³/mol. The highest BCUT2D eigenvalue weighted by molar-refractivity contribution is 5.03. The zero-order valence-electron chi connectivity index (χ0n) is 6.44. The Morgan fingerprint density at radius 3 is 1.85 bits per heavy atom. The normalized spacial score (nSPS) is 61.2. The summed E-state index contributed by atoms with van der Waals surface area (Å²) in [5.74, 6) is -1.78. The monoisotopic (exact) mass is 194 g/mol. The topological polar surface area (TPSA) is 123 Å². The van der Waals surface area contributed by atoms with Gasteiger partial charge in [0.25, 0.3) is 5.79 Å². The van der Waals surface area contributed by atoms with Gasteiger partial charge in [-0.25, -0.2) is 0 Å². The number of aliphatic hydroxyl groups excluding tert-OH is 5. The van der Waals surface area contributed by atoms with E-state index in [2.05, 4.69) is 9.47 Å². The Labute approximate surface area is 72.8 Å². The molecule has 0 aromatic heterocycles.